The second kappa shape index (κ2) is 8.84. The summed E-state index contributed by atoms with van der Waals surface area (Å²) in [5.74, 6) is 0. The molecule has 0 bridgehead atoms. The molecule has 2 heterocycles. The molecular formula is C36H22ClNS. The van der Waals surface area contributed by atoms with Crippen molar-refractivity contribution in [2.24, 2.45) is 0 Å². The van der Waals surface area contributed by atoms with Gasteiger partial charge in [-0.25, -0.2) is 0 Å². The molecule has 0 amide bonds. The average Bonchev–Trinajstić information content (AvgIpc) is 3.52. The Morgan fingerprint density at radius 1 is 0.436 bits per heavy atom. The number of aromatic nitrogens is 1. The lowest BCUT2D eigenvalue weighted by molar-refractivity contribution is 1.18. The van der Waals surface area contributed by atoms with E-state index in [0.717, 1.165) is 5.02 Å². The smallest absolute Gasteiger partial charge is 0.0547 e. The van der Waals surface area contributed by atoms with Crippen LogP contribution in [0.25, 0.3) is 69.9 Å². The number of hydrogen-bond donors (Lipinski definition) is 0. The fourth-order valence-electron chi connectivity index (χ4n) is 5.78. The summed E-state index contributed by atoms with van der Waals surface area (Å²) in [6.45, 7) is 0. The van der Waals surface area contributed by atoms with E-state index in [4.69, 9.17) is 11.6 Å². The SMILES string of the molecule is Clc1ccc(-c2ccc3c(c2)sc2ccc(-c4ccc5c6ccccc6n(-c6ccccc6)c5c4)cc23)cc1. The van der Waals surface area contributed by atoms with Gasteiger partial charge < -0.3 is 4.57 Å². The summed E-state index contributed by atoms with van der Waals surface area (Å²) in [6.07, 6.45) is 0. The van der Waals surface area contributed by atoms with Crippen LogP contribution < -0.4 is 0 Å². The van der Waals surface area contributed by atoms with E-state index in [1.807, 2.05) is 23.5 Å². The van der Waals surface area contributed by atoms with Gasteiger partial charge in [-0.1, -0.05) is 90.5 Å². The van der Waals surface area contributed by atoms with Gasteiger partial charge in [0.05, 0.1) is 11.0 Å². The minimum absolute atomic E-state index is 0.761. The van der Waals surface area contributed by atoms with Crippen molar-refractivity contribution in [3.05, 3.63) is 138 Å². The van der Waals surface area contributed by atoms with Crippen LogP contribution in [0, 0.1) is 0 Å². The molecule has 39 heavy (non-hydrogen) atoms. The predicted octanol–water partition coefficient (Wildman–Crippen LogP) is 11.1. The van der Waals surface area contributed by atoms with Gasteiger partial charge in [0.15, 0.2) is 0 Å². The Kier molecular flexibility index (Phi) is 5.12. The van der Waals surface area contributed by atoms with E-state index in [0.29, 0.717) is 0 Å². The maximum absolute atomic E-state index is 6.11. The lowest BCUT2D eigenvalue weighted by Gasteiger charge is -2.09. The van der Waals surface area contributed by atoms with Crippen molar-refractivity contribution in [1.29, 1.82) is 0 Å². The lowest BCUT2D eigenvalue weighted by atomic mass is 10.00. The Hall–Kier alpha value is -4.37. The second-order valence-electron chi connectivity index (χ2n) is 9.95. The summed E-state index contributed by atoms with van der Waals surface area (Å²) in [4.78, 5) is 0. The third-order valence-corrected chi connectivity index (χ3v) is 9.06. The van der Waals surface area contributed by atoms with Crippen LogP contribution in [0.3, 0.4) is 0 Å². The molecule has 0 aliphatic rings. The first-order valence-electron chi connectivity index (χ1n) is 13.0. The molecule has 0 saturated heterocycles. The highest BCUT2D eigenvalue weighted by Gasteiger charge is 2.14. The zero-order valence-corrected chi connectivity index (χ0v) is 22.5. The highest BCUT2D eigenvalue weighted by atomic mass is 35.5. The second-order valence-corrected chi connectivity index (χ2v) is 11.5. The van der Waals surface area contributed by atoms with Gasteiger partial charge in [0.2, 0.25) is 0 Å². The topological polar surface area (TPSA) is 4.93 Å². The van der Waals surface area contributed by atoms with Crippen LogP contribution in [0.15, 0.2) is 133 Å². The van der Waals surface area contributed by atoms with E-state index in [2.05, 4.69) is 126 Å². The number of para-hydroxylation sites is 2. The van der Waals surface area contributed by atoms with Gasteiger partial charge in [-0.05, 0) is 76.9 Å². The summed E-state index contributed by atoms with van der Waals surface area (Å²) in [6, 6.07) is 47.9. The van der Waals surface area contributed by atoms with Crippen molar-refractivity contribution in [3.8, 4) is 27.9 Å². The number of benzene rings is 6. The van der Waals surface area contributed by atoms with Gasteiger partial charge in [0.25, 0.3) is 0 Å². The molecular weight excluding hydrogens is 514 g/mol. The first-order chi connectivity index (χ1) is 19.2. The highest BCUT2D eigenvalue weighted by molar-refractivity contribution is 7.25. The average molecular weight is 536 g/mol. The fraction of sp³-hybridized carbons (Fsp3) is 0. The van der Waals surface area contributed by atoms with E-state index in [9.17, 15) is 0 Å². The van der Waals surface area contributed by atoms with Gasteiger partial charge in [-0.2, -0.15) is 0 Å². The summed E-state index contributed by atoms with van der Waals surface area (Å²) in [7, 11) is 0. The van der Waals surface area contributed by atoms with Crippen molar-refractivity contribution in [2.45, 2.75) is 0 Å². The molecule has 0 fully saturated rings. The van der Waals surface area contributed by atoms with E-state index in [1.54, 1.807) is 0 Å². The van der Waals surface area contributed by atoms with E-state index >= 15 is 0 Å². The minimum Gasteiger partial charge on any atom is -0.309 e. The zero-order valence-electron chi connectivity index (χ0n) is 20.9. The number of fused-ring (bicyclic) bond motifs is 6. The molecule has 0 atom stereocenters. The first-order valence-corrected chi connectivity index (χ1v) is 14.2. The molecule has 0 spiro atoms. The van der Waals surface area contributed by atoms with Crippen molar-refractivity contribution in [2.75, 3.05) is 0 Å². The summed E-state index contributed by atoms with van der Waals surface area (Å²) in [5.41, 5.74) is 8.48. The van der Waals surface area contributed by atoms with Crippen LogP contribution in [0.2, 0.25) is 5.02 Å². The van der Waals surface area contributed by atoms with Crippen molar-refractivity contribution in [1.82, 2.24) is 4.57 Å². The van der Waals surface area contributed by atoms with Gasteiger partial charge in [0.1, 0.15) is 0 Å². The number of nitrogens with zero attached hydrogens (tertiary/aromatic N) is 1. The highest BCUT2D eigenvalue weighted by Crippen LogP contribution is 2.40. The Bertz CT molecular complexity index is 2170. The third kappa shape index (κ3) is 3.68. The van der Waals surface area contributed by atoms with Crippen LogP contribution in [0.1, 0.15) is 0 Å². The normalized spacial score (nSPS) is 11.7. The van der Waals surface area contributed by atoms with E-state index < -0.39 is 0 Å². The van der Waals surface area contributed by atoms with Crippen LogP contribution in [-0.4, -0.2) is 4.57 Å². The van der Waals surface area contributed by atoms with Crippen molar-refractivity contribution >= 4 is 64.9 Å². The van der Waals surface area contributed by atoms with Gasteiger partial charge in [-0.3, -0.25) is 0 Å². The Morgan fingerprint density at radius 2 is 1.08 bits per heavy atom. The number of halogens is 1. The minimum atomic E-state index is 0.761. The molecule has 8 rings (SSSR count). The third-order valence-electron chi connectivity index (χ3n) is 7.67. The van der Waals surface area contributed by atoms with Crippen LogP contribution in [0.4, 0.5) is 0 Å². The number of rotatable bonds is 3. The van der Waals surface area contributed by atoms with Crippen molar-refractivity contribution in [3.63, 3.8) is 0 Å². The molecule has 0 N–H and O–H groups in total. The summed E-state index contributed by atoms with van der Waals surface area (Å²) in [5, 5.41) is 5.91. The largest absolute Gasteiger partial charge is 0.309 e. The van der Waals surface area contributed by atoms with Crippen molar-refractivity contribution < 1.29 is 0 Å². The molecule has 0 saturated carbocycles. The Labute approximate surface area is 235 Å². The van der Waals surface area contributed by atoms with Gasteiger partial charge in [0, 0.05) is 41.7 Å². The summed E-state index contributed by atoms with van der Waals surface area (Å²) < 4.78 is 4.99. The van der Waals surface area contributed by atoms with Crippen LogP contribution in [0.5, 0.6) is 0 Å². The fourth-order valence-corrected chi connectivity index (χ4v) is 7.04. The first kappa shape index (κ1) is 22.6. The molecule has 2 aromatic heterocycles. The summed E-state index contributed by atoms with van der Waals surface area (Å²) >= 11 is 7.96. The van der Waals surface area contributed by atoms with Gasteiger partial charge in [-0.15, -0.1) is 11.3 Å². The maximum atomic E-state index is 6.11. The van der Waals surface area contributed by atoms with Gasteiger partial charge >= 0.3 is 0 Å². The monoisotopic (exact) mass is 535 g/mol. The lowest BCUT2D eigenvalue weighted by Crippen LogP contribution is -1.93. The maximum Gasteiger partial charge on any atom is 0.0547 e. The molecule has 8 aromatic rings. The molecule has 0 radical (unpaired) electrons. The molecule has 0 aliphatic carbocycles. The van der Waals surface area contributed by atoms with Crippen LogP contribution in [-0.2, 0) is 0 Å². The molecule has 1 nitrogen and oxygen atoms in total. The van der Waals surface area contributed by atoms with E-state index in [1.165, 1.54) is 69.9 Å². The molecule has 6 aromatic carbocycles. The molecule has 3 heteroatoms. The Balaban J connectivity index is 1.29. The van der Waals surface area contributed by atoms with Crippen LogP contribution >= 0.6 is 22.9 Å². The number of thiophene rings is 1. The quantitative estimate of drug-likeness (QED) is 0.212. The standard InChI is InChI=1S/C36H22ClNS/c37-27-15-10-23(11-16-27)26-13-18-31-32-20-24(14-19-35(32)39-36(31)22-26)25-12-17-30-29-8-4-5-9-33(29)38(34(30)21-25)28-6-2-1-3-7-28/h1-22H. The number of hydrogen-bond acceptors (Lipinski definition) is 1. The molecule has 184 valence electrons. The molecule has 0 unspecified atom stereocenters. The van der Waals surface area contributed by atoms with E-state index in [-0.39, 0.29) is 0 Å². The molecule has 0 aliphatic heterocycles. The Morgan fingerprint density at radius 3 is 1.92 bits per heavy atom. The zero-order chi connectivity index (χ0) is 25.9. The predicted molar refractivity (Wildman–Crippen MR) is 170 cm³/mol.